The molecular weight excluding hydrogens is 319 g/mol. The van der Waals surface area contributed by atoms with Gasteiger partial charge in [-0.25, -0.2) is 13.2 Å². The molecule has 1 aromatic heterocycles. The minimum Gasteiger partial charge on any atom is -0.319 e. The van der Waals surface area contributed by atoms with Gasteiger partial charge in [-0.3, -0.25) is 9.48 Å². The molecule has 0 bridgehead atoms. The van der Waals surface area contributed by atoms with Crippen molar-refractivity contribution in [2.24, 2.45) is 0 Å². The van der Waals surface area contributed by atoms with Crippen molar-refractivity contribution in [3.63, 3.8) is 0 Å². The van der Waals surface area contributed by atoms with Gasteiger partial charge in [-0.1, -0.05) is 18.2 Å². The van der Waals surface area contributed by atoms with E-state index in [1.807, 2.05) is 0 Å². The van der Waals surface area contributed by atoms with Crippen molar-refractivity contribution in [3.8, 4) is 0 Å². The molecule has 0 spiro atoms. The Kier molecular flexibility index (Phi) is 4.33. The van der Waals surface area contributed by atoms with Crippen molar-refractivity contribution >= 4 is 11.6 Å². The van der Waals surface area contributed by atoms with E-state index in [2.05, 4.69) is 10.4 Å². The summed E-state index contributed by atoms with van der Waals surface area (Å²) in [7, 11) is 0. The first kappa shape index (κ1) is 15.8. The van der Waals surface area contributed by atoms with Gasteiger partial charge in [-0.05, 0) is 24.3 Å². The highest BCUT2D eigenvalue weighted by Gasteiger charge is 2.11. The summed E-state index contributed by atoms with van der Waals surface area (Å²) in [5.41, 5.74) is 0.802. The second-order valence-corrected chi connectivity index (χ2v) is 5.10. The average molecular weight is 331 g/mol. The summed E-state index contributed by atoms with van der Waals surface area (Å²) in [6.07, 6.45) is 2.91. The molecule has 0 fully saturated rings. The normalized spacial score (nSPS) is 10.6. The number of anilines is 1. The zero-order chi connectivity index (χ0) is 17.1. The highest BCUT2D eigenvalue weighted by molar-refractivity contribution is 6.04. The third-order valence-corrected chi connectivity index (χ3v) is 3.36. The first-order valence-corrected chi connectivity index (χ1v) is 7.05. The number of aromatic nitrogens is 2. The maximum absolute atomic E-state index is 13.6. The molecule has 0 aliphatic carbocycles. The summed E-state index contributed by atoms with van der Waals surface area (Å²) < 4.78 is 41.1. The molecule has 0 aliphatic heterocycles. The molecule has 0 atom stereocenters. The number of halogens is 3. The van der Waals surface area contributed by atoms with Crippen molar-refractivity contribution in [1.82, 2.24) is 9.78 Å². The summed E-state index contributed by atoms with van der Waals surface area (Å²) in [4.78, 5) is 12.0. The highest BCUT2D eigenvalue weighted by atomic mass is 19.2. The molecular formula is C17H12F3N3O. The van der Waals surface area contributed by atoms with E-state index in [0.29, 0.717) is 11.3 Å². The molecule has 0 saturated heterocycles. The molecule has 3 rings (SSSR count). The van der Waals surface area contributed by atoms with Crippen molar-refractivity contribution in [1.29, 1.82) is 0 Å². The van der Waals surface area contributed by atoms with Gasteiger partial charge in [0.15, 0.2) is 11.6 Å². The summed E-state index contributed by atoms with van der Waals surface area (Å²) in [6.45, 7) is 0.202. The zero-order valence-electron chi connectivity index (χ0n) is 12.3. The number of nitrogens with one attached hydrogen (secondary N) is 1. The van der Waals surface area contributed by atoms with Gasteiger partial charge >= 0.3 is 0 Å². The second-order valence-electron chi connectivity index (χ2n) is 5.10. The van der Waals surface area contributed by atoms with Crippen LogP contribution in [0.1, 0.15) is 15.9 Å². The Labute approximate surface area is 135 Å². The first-order valence-electron chi connectivity index (χ1n) is 7.05. The maximum Gasteiger partial charge on any atom is 0.255 e. The molecule has 122 valence electrons. The fourth-order valence-corrected chi connectivity index (χ4v) is 2.16. The monoisotopic (exact) mass is 331 g/mol. The lowest BCUT2D eigenvalue weighted by Gasteiger charge is -2.04. The Bertz CT molecular complexity index is 892. The molecule has 1 heterocycles. The molecule has 2 aromatic carbocycles. The highest BCUT2D eigenvalue weighted by Crippen LogP contribution is 2.13. The smallest absolute Gasteiger partial charge is 0.255 e. The van der Waals surface area contributed by atoms with Crippen LogP contribution in [0.2, 0.25) is 0 Å². The van der Waals surface area contributed by atoms with E-state index in [1.54, 1.807) is 18.2 Å². The van der Waals surface area contributed by atoms with Crippen LogP contribution in [0.5, 0.6) is 0 Å². The van der Waals surface area contributed by atoms with Gasteiger partial charge in [-0.15, -0.1) is 0 Å². The molecule has 1 amide bonds. The quantitative estimate of drug-likeness (QED) is 0.794. The maximum atomic E-state index is 13.6. The molecule has 24 heavy (non-hydrogen) atoms. The fourth-order valence-electron chi connectivity index (χ4n) is 2.16. The number of amides is 1. The van der Waals surface area contributed by atoms with E-state index >= 15 is 0 Å². The summed E-state index contributed by atoms with van der Waals surface area (Å²) in [5.74, 6) is -3.07. The third-order valence-electron chi connectivity index (χ3n) is 3.36. The van der Waals surface area contributed by atoms with Crippen molar-refractivity contribution < 1.29 is 18.0 Å². The SMILES string of the molecule is O=C(Nc1cnn(Cc2ccccc2F)c1)c1ccc(F)c(F)c1. The average Bonchev–Trinajstić information content (AvgIpc) is 2.99. The molecule has 0 radical (unpaired) electrons. The second kappa shape index (κ2) is 6.57. The van der Waals surface area contributed by atoms with E-state index in [9.17, 15) is 18.0 Å². The zero-order valence-corrected chi connectivity index (χ0v) is 12.3. The Hall–Kier alpha value is -3.09. The lowest BCUT2D eigenvalue weighted by molar-refractivity contribution is 0.102. The van der Waals surface area contributed by atoms with Gasteiger partial charge in [0.05, 0.1) is 18.4 Å². The largest absolute Gasteiger partial charge is 0.319 e. The van der Waals surface area contributed by atoms with Crippen LogP contribution in [0.4, 0.5) is 18.9 Å². The minimum absolute atomic E-state index is 0.0178. The van der Waals surface area contributed by atoms with E-state index in [0.717, 1.165) is 12.1 Å². The molecule has 4 nitrogen and oxygen atoms in total. The Morgan fingerprint density at radius 2 is 1.83 bits per heavy atom. The standard InChI is InChI=1S/C17H12F3N3O/c18-14-4-2-1-3-12(14)9-23-10-13(8-21-23)22-17(24)11-5-6-15(19)16(20)7-11/h1-8,10H,9H2,(H,22,24). The predicted molar refractivity (Wildman–Crippen MR) is 82.0 cm³/mol. The van der Waals surface area contributed by atoms with E-state index in [-0.39, 0.29) is 17.9 Å². The lowest BCUT2D eigenvalue weighted by atomic mass is 10.2. The number of carbonyl (C=O) groups is 1. The fraction of sp³-hybridized carbons (Fsp3) is 0.0588. The van der Waals surface area contributed by atoms with Gasteiger partial charge in [0.2, 0.25) is 0 Å². The molecule has 1 N–H and O–H groups in total. The topological polar surface area (TPSA) is 46.9 Å². The van der Waals surface area contributed by atoms with Crippen LogP contribution in [0.3, 0.4) is 0 Å². The van der Waals surface area contributed by atoms with Gasteiger partial charge in [-0.2, -0.15) is 5.10 Å². The van der Waals surface area contributed by atoms with Gasteiger partial charge < -0.3 is 5.32 Å². The first-order chi connectivity index (χ1) is 11.5. The van der Waals surface area contributed by atoms with Crippen molar-refractivity contribution in [3.05, 3.63) is 83.4 Å². The number of carbonyl (C=O) groups excluding carboxylic acids is 1. The Balaban J connectivity index is 1.70. The summed E-state index contributed by atoms with van der Waals surface area (Å²) in [6, 6.07) is 9.17. The number of hydrogen-bond acceptors (Lipinski definition) is 2. The van der Waals surface area contributed by atoms with Crippen LogP contribution >= 0.6 is 0 Å². The van der Waals surface area contributed by atoms with E-state index in [4.69, 9.17) is 0 Å². The number of rotatable bonds is 4. The molecule has 0 saturated carbocycles. The van der Waals surface area contributed by atoms with Crippen LogP contribution in [-0.4, -0.2) is 15.7 Å². The van der Waals surface area contributed by atoms with Crippen LogP contribution in [0, 0.1) is 17.5 Å². The van der Waals surface area contributed by atoms with Gasteiger partial charge in [0, 0.05) is 17.3 Å². The van der Waals surface area contributed by atoms with E-state index < -0.39 is 17.5 Å². The van der Waals surface area contributed by atoms with Crippen LogP contribution < -0.4 is 5.32 Å². The number of benzene rings is 2. The lowest BCUT2D eigenvalue weighted by Crippen LogP contribution is -2.12. The summed E-state index contributed by atoms with van der Waals surface area (Å²) in [5, 5.41) is 6.55. The Morgan fingerprint density at radius 3 is 2.58 bits per heavy atom. The molecule has 3 aromatic rings. The minimum atomic E-state index is -1.10. The number of hydrogen-bond donors (Lipinski definition) is 1. The number of nitrogens with zero attached hydrogens (tertiary/aromatic N) is 2. The Morgan fingerprint density at radius 1 is 1.04 bits per heavy atom. The van der Waals surface area contributed by atoms with Crippen LogP contribution in [-0.2, 0) is 6.54 Å². The molecule has 7 heteroatoms. The van der Waals surface area contributed by atoms with Gasteiger partial charge in [0.1, 0.15) is 5.82 Å². The van der Waals surface area contributed by atoms with E-state index in [1.165, 1.54) is 29.2 Å². The van der Waals surface area contributed by atoms with Crippen LogP contribution in [0.25, 0.3) is 0 Å². The van der Waals surface area contributed by atoms with Gasteiger partial charge in [0.25, 0.3) is 5.91 Å². The van der Waals surface area contributed by atoms with Crippen LogP contribution in [0.15, 0.2) is 54.9 Å². The summed E-state index contributed by atoms with van der Waals surface area (Å²) >= 11 is 0. The predicted octanol–water partition coefficient (Wildman–Crippen LogP) is 3.60. The molecule has 0 aliphatic rings. The molecule has 0 unspecified atom stereocenters. The third kappa shape index (κ3) is 3.45. The van der Waals surface area contributed by atoms with Crippen molar-refractivity contribution in [2.75, 3.05) is 5.32 Å². The van der Waals surface area contributed by atoms with Crippen molar-refractivity contribution in [2.45, 2.75) is 6.54 Å².